The number of carbonyl (C=O) groups excluding carboxylic acids is 2. The van der Waals surface area contributed by atoms with Gasteiger partial charge in [-0.25, -0.2) is 0 Å². The molecule has 0 spiro atoms. The largest absolute Gasteiger partial charge is 0.342 e. The van der Waals surface area contributed by atoms with Crippen LogP contribution < -0.4 is 5.32 Å². The van der Waals surface area contributed by atoms with Crippen molar-refractivity contribution in [1.82, 2.24) is 10.2 Å². The van der Waals surface area contributed by atoms with E-state index in [0.717, 1.165) is 25.7 Å². The number of hydrogen-bond acceptors (Lipinski definition) is 2. The number of carbonyl (C=O) groups is 2. The predicted octanol–water partition coefficient (Wildman–Crippen LogP) is 1.45. The van der Waals surface area contributed by atoms with Gasteiger partial charge in [0, 0.05) is 5.54 Å². The van der Waals surface area contributed by atoms with Gasteiger partial charge in [-0.15, -0.1) is 0 Å². The summed E-state index contributed by atoms with van der Waals surface area (Å²) >= 11 is 0. The molecule has 1 saturated heterocycles. The minimum atomic E-state index is -0.231. The molecular weight excluding hydrogens is 228 g/mol. The number of nitrogens with zero attached hydrogens (tertiary/aromatic N) is 1. The highest BCUT2D eigenvalue weighted by Crippen LogP contribution is 2.38. The number of amides is 2. The second-order valence-electron chi connectivity index (χ2n) is 6.36. The van der Waals surface area contributed by atoms with Crippen molar-refractivity contribution in [3.05, 3.63) is 0 Å². The van der Waals surface area contributed by atoms with Crippen molar-refractivity contribution < 1.29 is 9.59 Å². The summed E-state index contributed by atoms with van der Waals surface area (Å²) in [7, 11) is 0. The van der Waals surface area contributed by atoms with Crippen LogP contribution in [-0.2, 0) is 9.59 Å². The van der Waals surface area contributed by atoms with E-state index in [1.54, 1.807) is 0 Å². The highest BCUT2D eigenvalue weighted by Gasteiger charge is 2.47. The first-order chi connectivity index (χ1) is 8.60. The molecule has 0 aromatic carbocycles. The minimum Gasteiger partial charge on any atom is -0.342 e. The van der Waals surface area contributed by atoms with Crippen LogP contribution in [0.5, 0.6) is 0 Å². The first kappa shape index (κ1) is 12.0. The molecule has 1 N–H and O–H groups in total. The molecular formula is C14H22N2O2. The summed E-state index contributed by atoms with van der Waals surface area (Å²) in [4.78, 5) is 26.3. The van der Waals surface area contributed by atoms with Crippen molar-refractivity contribution in [2.45, 2.75) is 63.5 Å². The molecule has 2 aliphatic carbocycles. The van der Waals surface area contributed by atoms with E-state index < -0.39 is 0 Å². The van der Waals surface area contributed by atoms with Gasteiger partial charge >= 0.3 is 0 Å². The quantitative estimate of drug-likeness (QED) is 0.806. The normalized spacial score (nSPS) is 32.3. The van der Waals surface area contributed by atoms with Crippen molar-refractivity contribution in [1.29, 1.82) is 0 Å². The summed E-state index contributed by atoms with van der Waals surface area (Å²) in [5.74, 6) is 0.594. The van der Waals surface area contributed by atoms with Gasteiger partial charge in [0.25, 0.3) is 0 Å². The standard InChI is InChI=1S/C14H22N2O2/c1-14(7-3-2-4-8-14)16-9-11(17)15-12(13(16)18)10-5-6-10/h10,12H,2-9H2,1H3,(H,15,17). The molecule has 18 heavy (non-hydrogen) atoms. The Morgan fingerprint density at radius 3 is 2.44 bits per heavy atom. The zero-order valence-electron chi connectivity index (χ0n) is 11.1. The summed E-state index contributed by atoms with van der Waals surface area (Å²) in [5.41, 5.74) is -0.0831. The molecule has 1 atom stereocenters. The number of piperazine rings is 1. The van der Waals surface area contributed by atoms with Crippen LogP contribution in [0.2, 0.25) is 0 Å². The zero-order valence-corrected chi connectivity index (χ0v) is 11.1. The van der Waals surface area contributed by atoms with E-state index in [-0.39, 0.29) is 29.9 Å². The van der Waals surface area contributed by atoms with Crippen molar-refractivity contribution >= 4 is 11.8 Å². The van der Waals surface area contributed by atoms with E-state index in [1.807, 2.05) is 4.90 Å². The fourth-order valence-electron chi connectivity index (χ4n) is 3.46. The van der Waals surface area contributed by atoms with Crippen LogP contribution in [-0.4, -0.2) is 34.8 Å². The third-order valence-electron chi connectivity index (χ3n) is 4.83. The average Bonchev–Trinajstić information content (AvgIpc) is 3.16. The Morgan fingerprint density at radius 1 is 1.17 bits per heavy atom. The van der Waals surface area contributed by atoms with Crippen LogP contribution in [0.1, 0.15) is 51.9 Å². The second kappa shape index (κ2) is 4.25. The van der Waals surface area contributed by atoms with Gasteiger partial charge in [0.05, 0.1) is 0 Å². The van der Waals surface area contributed by atoms with Gasteiger partial charge in [0.1, 0.15) is 12.6 Å². The lowest BCUT2D eigenvalue weighted by Gasteiger charge is -2.47. The number of rotatable bonds is 2. The highest BCUT2D eigenvalue weighted by atomic mass is 16.2. The van der Waals surface area contributed by atoms with Gasteiger partial charge in [-0.3, -0.25) is 9.59 Å². The highest BCUT2D eigenvalue weighted by molar-refractivity contribution is 5.95. The first-order valence-corrected chi connectivity index (χ1v) is 7.21. The maximum absolute atomic E-state index is 12.6. The Morgan fingerprint density at radius 2 is 1.83 bits per heavy atom. The van der Waals surface area contributed by atoms with Crippen LogP contribution in [0, 0.1) is 5.92 Å². The molecule has 1 aliphatic heterocycles. The molecule has 0 aromatic rings. The maximum Gasteiger partial charge on any atom is 0.246 e. The summed E-state index contributed by atoms with van der Waals surface area (Å²) in [6, 6.07) is -0.231. The van der Waals surface area contributed by atoms with Crippen molar-refractivity contribution in [3.8, 4) is 0 Å². The monoisotopic (exact) mass is 250 g/mol. The van der Waals surface area contributed by atoms with Gasteiger partial charge < -0.3 is 10.2 Å². The molecule has 2 amide bonds. The fourth-order valence-corrected chi connectivity index (χ4v) is 3.46. The molecule has 4 heteroatoms. The first-order valence-electron chi connectivity index (χ1n) is 7.21. The molecule has 3 aliphatic rings. The van der Waals surface area contributed by atoms with E-state index in [1.165, 1.54) is 19.3 Å². The average molecular weight is 250 g/mol. The molecule has 4 nitrogen and oxygen atoms in total. The third-order valence-corrected chi connectivity index (χ3v) is 4.83. The smallest absolute Gasteiger partial charge is 0.246 e. The Bertz CT molecular complexity index is 370. The Kier molecular flexibility index (Phi) is 2.83. The zero-order chi connectivity index (χ0) is 12.8. The molecule has 2 saturated carbocycles. The molecule has 100 valence electrons. The van der Waals surface area contributed by atoms with Gasteiger partial charge in [-0.2, -0.15) is 0 Å². The van der Waals surface area contributed by atoms with E-state index in [4.69, 9.17) is 0 Å². The molecule has 3 fully saturated rings. The van der Waals surface area contributed by atoms with Crippen LogP contribution in [0.15, 0.2) is 0 Å². The van der Waals surface area contributed by atoms with E-state index in [9.17, 15) is 9.59 Å². The van der Waals surface area contributed by atoms with Crippen LogP contribution in [0.25, 0.3) is 0 Å². The van der Waals surface area contributed by atoms with Gasteiger partial charge in [-0.05, 0) is 38.5 Å². The summed E-state index contributed by atoms with van der Waals surface area (Å²) in [6.07, 6.45) is 7.87. The van der Waals surface area contributed by atoms with Crippen molar-refractivity contribution in [2.75, 3.05) is 6.54 Å². The van der Waals surface area contributed by atoms with E-state index in [0.29, 0.717) is 5.92 Å². The van der Waals surface area contributed by atoms with Gasteiger partial charge in [0.2, 0.25) is 11.8 Å². The molecule has 0 bridgehead atoms. The van der Waals surface area contributed by atoms with Crippen LogP contribution in [0.3, 0.4) is 0 Å². The number of nitrogens with one attached hydrogen (secondary N) is 1. The summed E-state index contributed by atoms with van der Waals surface area (Å²) in [6.45, 7) is 2.42. The van der Waals surface area contributed by atoms with Crippen LogP contribution in [0.4, 0.5) is 0 Å². The van der Waals surface area contributed by atoms with Crippen molar-refractivity contribution in [2.24, 2.45) is 5.92 Å². The Balaban J connectivity index is 1.80. The minimum absolute atomic E-state index is 0.0262. The fraction of sp³-hybridized carbons (Fsp3) is 0.857. The summed E-state index contributed by atoms with van der Waals surface area (Å²) in [5, 5.41) is 2.88. The maximum atomic E-state index is 12.6. The van der Waals surface area contributed by atoms with Crippen molar-refractivity contribution in [3.63, 3.8) is 0 Å². The lowest BCUT2D eigenvalue weighted by atomic mass is 9.81. The SMILES string of the molecule is CC1(N2CC(=O)NC(C3CC3)C2=O)CCCCC1. The number of hydrogen-bond donors (Lipinski definition) is 1. The molecule has 0 aromatic heterocycles. The summed E-state index contributed by atoms with van der Waals surface area (Å²) < 4.78 is 0. The van der Waals surface area contributed by atoms with Gasteiger partial charge in [-0.1, -0.05) is 19.3 Å². The lowest BCUT2D eigenvalue weighted by Crippen LogP contribution is -2.65. The van der Waals surface area contributed by atoms with Gasteiger partial charge in [0.15, 0.2) is 0 Å². The molecule has 0 radical (unpaired) electrons. The van der Waals surface area contributed by atoms with E-state index in [2.05, 4.69) is 12.2 Å². The topological polar surface area (TPSA) is 49.4 Å². The second-order valence-corrected chi connectivity index (χ2v) is 6.36. The molecule has 3 rings (SSSR count). The lowest BCUT2D eigenvalue weighted by molar-refractivity contribution is -0.152. The van der Waals surface area contributed by atoms with Crippen LogP contribution >= 0.6 is 0 Å². The Hall–Kier alpha value is -1.06. The molecule has 1 unspecified atom stereocenters. The Labute approximate surface area is 108 Å². The molecule has 1 heterocycles. The third kappa shape index (κ3) is 2.02. The predicted molar refractivity (Wildman–Crippen MR) is 67.9 cm³/mol. The van der Waals surface area contributed by atoms with E-state index >= 15 is 0 Å².